The highest BCUT2D eigenvalue weighted by atomic mass is 28.3. The van der Waals surface area contributed by atoms with E-state index >= 15 is 0 Å². The van der Waals surface area contributed by atoms with Gasteiger partial charge in [0.15, 0.2) is 5.92 Å². The molecule has 4 nitrogen and oxygen atoms in total. The minimum absolute atomic E-state index is 0.556. The molecule has 0 bridgehead atoms. The van der Waals surface area contributed by atoms with Crippen molar-refractivity contribution in [3.8, 4) is 11.5 Å². The van der Waals surface area contributed by atoms with Gasteiger partial charge in [-0.2, -0.15) is 0 Å². The predicted molar refractivity (Wildman–Crippen MR) is 90.1 cm³/mol. The molecule has 0 radical (unpaired) electrons. The largest absolute Gasteiger partial charge is 0.422 e. The molecule has 0 unspecified atom stereocenters. The van der Waals surface area contributed by atoms with Crippen molar-refractivity contribution in [3.05, 3.63) is 35.9 Å². The van der Waals surface area contributed by atoms with Crippen LogP contribution in [0.2, 0.25) is 19.6 Å². The van der Waals surface area contributed by atoms with E-state index in [1.54, 1.807) is 13.8 Å². The minimum atomic E-state index is -1.65. The summed E-state index contributed by atoms with van der Waals surface area (Å²) in [6.07, 6.45) is 0. The number of carbonyl (C=O) groups is 2. The number of benzene rings is 1. The van der Waals surface area contributed by atoms with Crippen LogP contribution in [-0.2, 0) is 19.1 Å². The summed E-state index contributed by atoms with van der Waals surface area (Å²) in [5.74, 6) is -0.841. The van der Waals surface area contributed by atoms with Gasteiger partial charge in [0.1, 0.15) is 8.07 Å². The van der Waals surface area contributed by atoms with Gasteiger partial charge in [-0.05, 0) is 5.56 Å². The van der Waals surface area contributed by atoms with Gasteiger partial charge >= 0.3 is 11.9 Å². The molecule has 2 rings (SSSR count). The Hall–Kier alpha value is -2.06. The summed E-state index contributed by atoms with van der Waals surface area (Å²) < 4.78 is 10.5. The van der Waals surface area contributed by atoms with Gasteiger partial charge in [-0.3, -0.25) is 9.59 Å². The van der Waals surface area contributed by atoms with E-state index in [2.05, 4.69) is 31.1 Å². The summed E-state index contributed by atoms with van der Waals surface area (Å²) in [5.41, 5.74) is 4.07. The average Bonchev–Trinajstić information content (AvgIpc) is 2.40. The van der Waals surface area contributed by atoms with Gasteiger partial charge in [-0.15, -0.1) is 11.5 Å². The van der Waals surface area contributed by atoms with Crippen molar-refractivity contribution in [1.29, 1.82) is 0 Å². The fourth-order valence-corrected chi connectivity index (χ4v) is 2.90. The molecule has 0 spiro atoms. The fraction of sp³-hybridized carbons (Fsp3) is 0.444. The molecule has 0 saturated carbocycles. The van der Waals surface area contributed by atoms with Gasteiger partial charge in [0.05, 0.1) is 5.92 Å². The topological polar surface area (TPSA) is 52.6 Å². The van der Waals surface area contributed by atoms with Crippen molar-refractivity contribution in [2.45, 2.75) is 45.2 Å². The molecular weight excluding hydrogens is 308 g/mol. The Kier molecular flexibility index (Phi) is 4.67. The summed E-state index contributed by atoms with van der Waals surface area (Å²) >= 11 is 0. The lowest BCUT2D eigenvalue weighted by Crippen LogP contribution is -2.48. The first-order valence-corrected chi connectivity index (χ1v) is 11.1. The van der Waals surface area contributed by atoms with Crippen molar-refractivity contribution in [1.82, 2.24) is 0 Å². The second kappa shape index (κ2) is 6.21. The fourth-order valence-electron chi connectivity index (χ4n) is 2.31. The van der Waals surface area contributed by atoms with Gasteiger partial charge < -0.3 is 9.47 Å². The van der Waals surface area contributed by atoms with Gasteiger partial charge in [0, 0.05) is 13.8 Å². The smallest absolute Gasteiger partial charge is 0.325 e. The monoisotopic (exact) mass is 330 g/mol. The maximum atomic E-state index is 12.4. The van der Waals surface area contributed by atoms with Crippen molar-refractivity contribution in [2.75, 3.05) is 0 Å². The van der Waals surface area contributed by atoms with Crippen molar-refractivity contribution < 1.29 is 19.1 Å². The Labute approximate surface area is 138 Å². The number of hydrogen-bond donors (Lipinski definition) is 0. The number of rotatable bonds is 2. The average molecular weight is 330 g/mol. The highest BCUT2D eigenvalue weighted by Crippen LogP contribution is 2.33. The van der Waals surface area contributed by atoms with Crippen LogP contribution < -0.4 is 0 Å². The Bertz CT molecular complexity index is 642. The van der Waals surface area contributed by atoms with Gasteiger partial charge in [-0.1, -0.05) is 50.0 Å². The third kappa shape index (κ3) is 4.46. The molecule has 122 valence electrons. The van der Waals surface area contributed by atoms with Crippen molar-refractivity contribution in [3.63, 3.8) is 0 Å². The van der Waals surface area contributed by atoms with E-state index in [0.717, 1.165) is 5.56 Å². The lowest BCUT2D eigenvalue weighted by molar-refractivity contribution is -0.240. The van der Waals surface area contributed by atoms with Crippen LogP contribution in [-0.4, -0.2) is 25.8 Å². The Morgan fingerprint density at radius 1 is 1.04 bits per heavy atom. The highest BCUT2D eigenvalue weighted by Gasteiger charge is 2.47. The Morgan fingerprint density at radius 3 is 2.04 bits per heavy atom. The second-order valence-corrected chi connectivity index (χ2v) is 11.9. The molecular formula is C18H22O4Si. The van der Waals surface area contributed by atoms with E-state index in [-0.39, 0.29) is 0 Å². The molecule has 1 aliphatic rings. The lowest BCUT2D eigenvalue weighted by atomic mass is 9.86. The van der Waals surface area contributed by atoms with Crippen LogP contribution in [0.25, 0.3) is 0 Å². The summed E-state index contributed by atoms with van der Waals surface area (Å²) in [5, 5.41) is 0. The number of esters is 2. The van der Waals surface area contributed by atoms with Crippen LogP contribution in [0, 0.1) is 17.4 Å². The normalized spacial score (nSPS) is 19.2. The van der Waals surface area contributed by atoms with E-state index in [0.29, 0.717) is 0 Å². The third-order valence-electron chi connectivity index (χ3n) is 3.30. The van der Waals surface area contributed by atoms with Crippen molar-refractivity contribution >= 4 is 20.0 Å². The molecule has 0 N–H and O–H groups in total. The predicted octanol–water partition coefficient (Wildman–Crippen LogP) is 3.10. The standard InChI is InChI=1S/C18H22O4Si/c1-18(2)21-16(19)15(17(20)22-18)14(11-12-23(3,4)5)13-9-7-6-8-10-13/h6-10,14-15H,1-5H3/t14-/m0/s1. The van der Waals surface area contributed by atoms with E-state index < -0.39 is 37.6 Å². The van der Waals surface area contributed by atoms with Crippen LogP contribution in [0.15, 0.2) is 30.3 Å². The second-order valence-electron chi connectivity index (χ2n) is 7.13. The molecule has 1 aliphatic heterocycles. The number of hydrogen-bond acceptors (Lipinski definition) is 4. The highest BCUT2D eigenvalue weighted by molar-refractivity contribution is 6.83. The molecule has 1 fully saturated rings. The molecule has 0 aliphatic carbocycles. The van der Waals surface area contributed by atoms with Crippen molar-refractivity contribution in [2.24, 2.45) is 5.92 Å². The molecule has 5 heteroatoms. The zero-order valence-corrected chi connectivity index (χ0v) is 15.2. The van der Waals surface area contributed by atoms with E-state index in [1.165, 1.54) is 0 Å². The third-order valence-corrected chi connectivity index (χ3v) is 4.19. The maximum absolute atomic E-state index is 12.4. The van der Waals surface area contributed by atoms with Crippen LogP contribution in [0.3, 0.4) is 0 Å². The number of cyclic esters (lactones) is 2. The molecule has 1 heterocycles. The Balaban J connectivity index is 2.43. The van der Waals surface area contributed by atoms with Crippen LogP contribution in [0.4, 0.5) is 0 Å². The van der Waals surface area contributed by atoms with Gasteiger partial charge in [-0.25, -0.2) is 0 Å². The lowest BCUT2D eigenvalue weighted by Gasteiger charge is -2.34. The zero-order chi connectivity index (χ0) is 17.3. The first-order chi connectivity index (χ1) is 10.6. The summed E-state index contributed by atoms with van der Waals surface area (Å²) in [6, 6.07) is 9.34. The molecule has 23 heavy (non-hydrogen) atoms. The van der Waals surface area contributed by atoms with E-state index in [9.17, 15) is 9.59 Å². The molecule has 0 aromatic heterocycles. The minimum Gasteiger partial charge on any atom is -0.422 e. The summed E-state index contributed by atoms with van der Waals surface area (Å²) in [6.45, 7) is 9.43. The maximum Gasteiger partial charge on any atom is 0.325 e. The van der Waals surface area contributed by atoms with E-state index in [1.807, 2.05) is 30.3 Å². The van der Waals surface area contributed by atoms with Crippen LogP contribution >= 0.6 is 0 Å². The molecule has 1 aromatic carbocycles. The first kappa shape index (κ1) is 17.3. The number of ether oxygens (including phenoxy) is 2. The quantitative estimate of drug-likeness (QED) is 0.362. The zero-order valence-electron chi connectivity index (χ0n) is 14.2. The van der Waals surface area contributed by atoms with Crippen LogP contribution in [0.5, 0.6) is 0 Å². The van der Waals surface area contributed by atoms with Crippen LogP contribution in [0.1, 0.15) is 25.3 Å². The number of carbonyl (C=O) groups excluding carboxylic acids is 2. The first-order valence-electron chi connectivity index (χ1n) is 7.62. The van der Waals surface area contributed by atoms with E-state index in [4.69, 9.17) is 9.47 Å². The SMILES string of the molecule is CC1(C)OC(=O)C([C@@H](C#C[Si](C)(C)C)c2ccccc2)C(=O)O1. The van der Waals surface area contributed by atoms with Gasteiger partial charge in [0.25, 0.3) is 5.79 Å². The molecule has 1 atom stereocenters. The molecule has 0 amide bonds. The summed E-state index contributed by atoms with van der Waals surface area (Å²) in [7, 11) is -1.65. The molecule has 1 aromatic rings. The summed E-state index contributed by atoms with van der Waals surface area (Å²) in [4.78, 5) is 24.8. The Morgan fingerprint density at radius 2 is 1.57 bits per heavy atom. The van der Waals surface area contributed by atoms with Gasteiger partial charge in [0.2, 0.25) is 0 Å². The molecule has 1 saturated heterocycles.